The maximum Gasteiger partial charge on any atom is 0.418 e. The quantitative estimate of drug-likeness (QED) is 0.871. The van der Waals surface area contributed by atoms with E-state index in [2.05, 4.69) is 5.10 Å². The number of hydrogen-bond acceptors (Lipinski definition) is 3. The van der Waals surface area contributed by atoms with E-state index >= 15 is 0 Å². The molecule has 1 aliphatic carbocycles. The van der Waals surface area contributed by atoms with Gasteiger partial charge in [-0.15, -0.1) is 0 Å². The van der Waals surface area contributed by atoms with Crippen molar-refractivity contribution in [3.05, 3.63) is 47.3 Å². The van der Waals surface area contributed by atoms with Crippen LogP contribution in [0.3, 0.4) is 0 Å². The van der Waals surface area contributed by atoms with E-state index in [1.165, 1.54) is 18.2 Å². The maximum atomic E-state index is 13.1. The van der Waals surface area contributed by atoms with E-state index in [1.807, 2.05) is 0 Å². The fourth-order valence-corrected chi connectivity index (χ4v) is 2.35. The first-order valence-electron chi connectivity index (χ1n) is 6.35. The number of alkyl halides is 3. The molecule has 0 bridgehead atoms. The minimum absolute atomic E-state index is 0.0818. The number of carboxylic acid groups (broad SMARTS) is 1. The average Bonchev–Trinajstić information content (AvgIpc) is 3.16. The molecule has 0 N–H and O–H groups in total. The Hall–Kier alpha value is -2.31. The van der Waals surface area contributed by atoms with E-state index in [0.29, 0.717) is 0 Å². The lowest BCUT2D eigenvalue weighted by atomic mass is 10.1. The second-order valence-electron chi connectivity index (χ2n) is 4.93. The summed E-state index contributed by atoms with van der Waals surface area (Å²) in [4.78, 5) is 11.1. The average molecular weight is 295 g/mol. The van der Waals surface area contributed by atoms with E-state index in [0.717, 1.165) is 29.8 Å². The molecule has 0 amide bonds. The van der Waals surface area contributed by atoms with Gasteiger partial charge in [-0.2, -0.15) is 18.3 Å². The fourth-order valence-electron chi connectivity index (χ4n) is 2.35. The monoisotopic (exact) mass is 295 g/mol. The van der Waals surface area contributed by atoms with Gasteiger partial charge in [0.1, 0.15) is 0 Å². The van der Waals surface area contributed by atoms with Crippen molar-refractivity contribution in [1.29, 1.82) is 0 Å². The minimum atomic E-state index is -4.54. The van der Waals surface area contributed by atoms with Crippen LogP contribution in [0, 0.1) is 0 Å². The first kappa shape index (κ1) is 13.7. The highest BCUT2D eigenvalue weighted by atomic mass is 19.4. The van der Waals surface area contributed by atoms with Gasteiger partial charge in [0.25, 0.3) is 0 Å². The third kappa shape index (κ3) is 2.39. The van der Waals surface area contributed by atoms with Gasteiger partial charge in [-0.3, -0.25) is 0 Å². The fraction of sp³-hybridized carbons (Fsp3) is 0.286. The molecule has 21 heavy (non-hydrogen) atoms. The number of carbonyl (C=O) groups excluding carboxylic acids is 1. The van der Waals surface area contributed by atoms with E-state index in [-0.39, 0.29) is 22.9 Å². The molecular weight excluding hydrogens is 285 g/mol. The van der Waals surface area contributed by atoms with Crippen LogP contribution in [-0.4, -0.2) is 15.7 Å². The van der Waals surface area contributed by atoms with E-state index < -0.39 is 17.7 Å². The minimum Gasteiger partial charge on any atom is -0.545 e. The highest BCUT2D eigenvalue weighted by molar-refractivity contribution is 5.87. The number of carboxylic acids is 1. The lowest BCUT2D eigenvalue weighted by Gasteiger charge is -2.15. The van der Waals surface area contributed by atoms with Gasteiger partial charge in [-0.1, -0.05) is 12.1 Å². The summed E-state index contributed by atoms with van der Waals surface area (Å²) < 4.78 is 40.3. The number of hydrogen-bond donors (Lipinski definition) is 0. The summed E-state index contributed by atoms with van der Waals surface area (Å²) >= 11 is 0. The standard InChI is InChI=1S/C14H11F3N2O2/c15-14(16,17)10-3-1-2-4-11(10)19-12(8-5-6-8)9(7-18-19)13(20)21/h1-4,7-8H,5-6H2,(H,20,21)/p-1. The second-order valence-corrected chi connectivity index (χ2v) is 4.93. The zero-order valence-electron chi connectivity index (χ0n) is 10.7. The molecule has 3 rings (SSSR count). The highest BCUT2D eigenvalue weighted by Crippen LogP contribution is 2.43. The maximum absolute atomic E-state index is 13.1. The van der Waals surface area contributed by atoms with Gasteiger partial charge < -0.3 is 9.90 Å². The molecule has 0 spiro atoms. The third-order valence-corrected chi connectivity index (χ3v) is 3.43. The van der Waals surface area contributed by atoms with Gasteiger partial charge in [-0.25, -0.2) is 4.68 Å². The lowest BCUT2D eigenvalue weighted by Crippen LogP contribution is -2.23. The number of para-hydroxylation sites is 1. The zero-order valence-corrected chi connectivity index (χ0v) is 10.7. The van der Waals surface area contributed by atoms with Crippen LogP contribution < -0.4 is 5.11 Å². The van der Waals surface area contributed by atoms with Crippen molar-refractivity contribution in [1.82, 2.24) is 9.78 Å². The first-order valence-corrected chi connectivity index (χ1v) is 6.35. The van der Waals surface area contributed by atoms with Crippen LogP contribution in [0.25, 0.3) is 5.69 Å². The van der Waals surface area contributed by atoms with Crippen molar-refractivity contribution in [2.24, 2.45) is 0 Å². The number of rotatable bonds is 3. The number of halogens is 3. The molecule has 4 nitrogen and oxygen atoms in total. The van der Waals surface area contributed by atoms with Crippen molar-refractivity contribution in [2.45, 2.75) is 24.9 Å². The summed E-state index contributed by atoms with van der Waals surface area (Å²) in [5, 5.41) is 14.9. The predicted molar refractivity (Wildman–Crippen MR) is 64.9 cm³/mol. The highest BCUT2D eigenvalue weighted by Gasteiger charge is 2.36. The third-order valence-electron chi connectivity index (χ3n) is 3.43. The van der Waals surface area contributed by atoms with Gasteiger partial charge in [-0.05, 0) is 25.0 Å². The van der Waals surface area contributed by atoms with Crippen LogP contribution in [0.15, 0.2) is 30.5 Å². The van der Waals surface area contributed by atoms with Gasteiger partial charge in [0.05, 0.1) is 29.1 Å². The SMILES string of the molecule is O=C([O-])c1cnn(-c2ccccc2C(F)(F)F)c1C1CC1. The Labute approximate surface area is 117 Å². The Morgan fingerprint density at radius 3 is 2.52 bits per heavy atom. The van der Waals surface area contributed by atoms with Gasteiger partial charge in [0, 0.05) is 11.5 Å². The molecule has 1 aromatic carbocycles. The second kappa shape index (κ2) is 4.61. The van der Waals surface area contributed by atoms with Gasteiger partial charge in [0.2, 0.25) is 0 Å². The van der Waals surface area contributed by atoms with Gasteiger partial charge in [0.15, 0.2) is 0 Å². The molecule has 1 fully saturated rings. The largest absolute Gasteiger partial charge is 0.545 e. The van der Waals surface area contributed by atoms with Gasteiger partial charge >= 0.3 is 6.18 Å². The van der Waals surface area contributed by atoms with Crippen LogP contribution >= 0.6 is 0 Å². The summed E-state index contributed by atoms with van der Waals surface area (Å²) in [5.41, 5.74) is -0.875. The number of benzene rings is 1. The molecule has 0 atom stereocenters. The molecule has 7 heteroatoms. The summed E-state index contributed by atoms with van der Waals surface area (Å²) in [6, 6.07) is 4.97. The summed E-state index contributed by atoms with van der Waals surface area (Å²) in [6.45, 7) is 0. The Kier molecular flexibility index (Phi) is 3.00. The molecule has 0 aliphatic heterocycles. The van der Waals surface area contributed by atoms with E-state index in [1.54, 1.807) is 0 Å². The molecule has 1 saturated carbocycles. The molecule has 0 saturated heterocycles. The van der Waals surface area contributed by atoms with Crippen LogP contribution in [-0.2, 0) is 6.18 Å². The number of carbonyl (C=O) groups is 1. The van der Waals surface area contributed by atoms with Crippen molar-refractivity contribution >= 4 is 5.97 Å². The van der Waals surface area contributed by atoms with Crippen molar-refractivity contribution in [3.8, 4) is 5.69 Å². The number of nitrogens with zero attached hydrogens (tertiary/aromatic N) is 2. The Balaban J connectivity index is 2.20. The molecule has 1 heterocycles. The predicted octanol–water partition coefficient (Wildman–Crippen LogP) is 2.13. The Bertz CT molecular complexity index is 702. The van der Waals surface area contributed by atoms with Crippen molar-refractivity contribution in [3.63, 3.8) is 0 Å². The van der Waals surface area contributed by atoms with E-state index in [4.69, 9.17) is 0 Å². The summed E-state index contributed by atoms with van der Waals surface area (Å²) in [5.74, 6) is -1.51. The molecule has 0 radical (unpaired) electrons. The number of aromatic carboxylic acids is 1. The molecule has 0 unspecified atom stereocenters. The Morgan fingerprint density at radius 1 is 1.29 bits per heavy atom. The molecule has 2 aromatic rings. The van der Waals surface area contributed by atoms with Crippen molar-refractivity contribution < 1.29 is 23.1 Å². The van der Waals surface area contributed by atoms with Crippen LogP contribution in [0.5, 0.6) is 0 Å². The normalized spacial score (nSPS) is 15.2. The van der Waals surface area contributed by atoms with Crippen molar-refractivity contribution in [2.75, 3.05) is 0 Å². The topological polar surface area (TPSA) is 57.9 Å². The zero-order chi connectivity index (χ0) is 15.2. The summed E-state index contributed by atoms with van der Waals surface area (Å²) in [6.07, 6.45) is -2.01. The smallest absolute Gasteiger partial charge is 0.418 e. The van der Waals surface area contributed by atoms with Crippen LogP contribution in [0.4, 0.5) is 13.2 Å². The Morgan fingerprint density at radius 2 is 1.95 bits per heavy atom. The molecule has 110 valence electrons. The molecular formula is C14H10F3N2O2-. The lowest BCUT2D eigenvalue weighted by molar-refractivity contribution is -0.255. The van der Waals surface area contributed by atoms with E-state index in [9.17, 15) is 23.1 Å². The first-order chi connectivity index (χ1) is 9.89. The summed E-state index contributed by atoms with van der Waals surface area (Å²) in [7, 11) is 0. The van der Waals surface area contributed by atoms with Crippen LogP contribution in [0.1, 0.15) is 40.4 Å². The molecule has 1 aromatic heterocycles. The number of aromatic nitrogens is 2. The van der Waals surface area contributed by atoms with Crippen LogP contribution in [0.2, 0.25) is 0 Å². The molecule has 1 aliphatic rings.